The summed E-state index contributed by atoms with van der Waals surface area (Å²) in [5.41, 5.74) is 2.44. The van der Waals surface area contributed by atoms with Gasteiger partial charge in [0.05, 0.1) is 6.04 Å². The van der Waals surface area contributed by atoms with Gasteiger partial charge < -0.3 is 4.90 Å². The van der Waals surface area contributed by atoms with Crippen molar-refractivity contribution in [1.29, 1.82) is 0 Å². The van der Waals surface area contributed by atoms with E-state index in [9.17, 15) is 4.79 Å². The Balaban J connectivity index is 1.61. The monoisotopic (exact) mass is 317 g/mol. The zero-order chi connectivity index (χ0) is 16.4. The van der Waals surface area contributed by atoms with E-state index in [1.807, 2.05) is 12.1 Å². The van der Waals surface area contributed by atoms with Crippen molar-refractivity contribution in [3.05, 3.63) is 83.9 Å². The zero-order valence-corrected chi connectivity index (χ0v) is 13.8. The Bertz CT molecular complexity index is 683. The molecule has 24 heavy (non-hydrogen) atoms. The van der Waals surface area contributed by atoms with Crippen LogP contribution >= 0.6 is 0 Å². The van der Waals surface area contributed by atoms with Crippen molar-refractivity contribution >= 4 is 5.91 Å². The molecule has 0 radical (unpaired) electrons. The molecule has 0 aliphatic carbocycles. The minimum atomic E-state index is 0.130. The fraction of sp³-hybridized carbons (Fsp3) is 0.318. The SMILES string of the molecule is O=C(CC(c1ccccc1)c1ccccc1)N1C2C=CCC1CC2. The first kappa shape index (κ1) is 15.2. The summed E-state index contributed by atoms with van der Waals surface area (Å²) in [5, 5.41) is 0. The molecule has 2 aromatic rings. The lowest BCUT2D eigenvalue weighted by Gasteiger charge is -2.33. The summed E-state index contributed by atoms with van der Waals surface area (Å²) in [7, 11) is 0. The lowest BCUT2D eigenvalue weighted by Crippen LogP contribution is -2.42. The van der Waals surface area contributed by atoms with E-state index in [0.717, 1.165) is 19.3 Å². The van der Waals surface area contributed by atoms with Gasteiger partial charge in [-0.3, -0.25) is 4.79 Å². The number of carbonyl (C=O) groups is 1. The third kappa shape index (κ3) is 2.89. The van der Waals surface area contributed by atoms with Crippen molar-refractivity contribution in [2.75, 3.05) is 0 Å². The molecule has 2 aromatic carbocycles. The Hall–Kier alpha value is -2.35. The van der Waals surface area contributed by atoms with Crippen molar-refractivity contribution in [1.82, 2.24) is 4.90 Å². The highest BCUT2D eigenvalue weighted by Crippen LogP contribution is 2.35. The van der Waals surface area contributed by atoms with Gasteiger partial charge in [0, 0.05) is 18.4 Å². The van der Waals surface area contributed by atoms with Crippen LogP contribution in [0.2, 0.25) is 0 Å². The molecule has 1 fully saturated rings. The molecule has 2 heteroatoms. The molecule has 0 spiro atoms. The van der Waals surface area contributed by atoms with Crippen LogP contribution in [-0.2, 0) is 4.79 Å². The van der Waals surface area contributed by atoms with Crippen LogP contribution in [-0.4, -0.2) is 22.9 Å². The Morgan fingerprint density at radius 1 is 0.958 bits per heavy atom. The number of hydrogen-bond donors (Lipinski definition) is 0. The Morgan fingerprint density at radius 2 is 1.58 bits per heavy atom. The van der Waals surface area contributed by atoms with Crippen LogP contribution in [0.3, 0.4) is 0 Å². The predicted octanol–water partition coefficient (Wildman–Crippen LogP) is 4.53. The molecule has 2 unspecified atom stereocenters. The summed E-state index contributed by atoms with van der Waals surface area (Å²) in [4.78, 5) is 15.3. The van der Waals surface area contributed by atoms with E-state index in [0.29, 0.717) is 24.4 Å². The molecule has 2 aliphatic heterocycles. The first-order valence-corrected chi connectivity index (χ1v) is 8.90. The summed E-state index contributed by atoms with van der Waals surface area (Å²) in [6.07, 6.45) is 8.30. The van der Waals surface area contributed by atoms with Crippen molar-refractivity contribution in [2.45, 2.75) is 43.7 Å². The second kappa shape index (κ2) is 6.64. The van der Waals surface area contributed by atoms with E-state index in [1.165, 1.54) is 11.1 Å². The van der Waals surface area contributed by atoms with Gasteiger partial charge in [0.2, 0.25) is 5.91 Å². The van der Waals surface area contributed by atoms with Gasteiger partial charge in [-0.1, -0.05) is 72.8 Å². The average molecular weight is 317 g/mol. The van der Waals surface area contributed by atoms with E-state index >= 15 is 0 Å². The molecule has 0 saturated carbocycles. The first-order valence-electron chi connectivity index (χ1n) is 8.90. The van der Waals surface area contributed by atoms with Crippen LogP contribution in [0.5, 0.6) is 0 Å². The number of rotatable bonds is 4. The molecule has 2 heterocycles. The van der Waals surface area contributed by atoms with Gasteiger partial charge in [-0.25, -0.2) is 0 Å². The number of carbonyl (C=O) groups excluding carboxylic acids is 1. The molecule has 2 bridgehead atoms. The van der Waals surface area contributed by atoms with Crippen LogP contribution in [0.15, 0.2) is 72.8 Å². The van der Waals surface area contributed by atoms with E-state index in [4.69, 9.17) is 0 Å². The second-order valence-electron chi connectivity index (χ2n) is 6.84. The van der Waals surface area contributed by atoms with E-state index in [-0.39, 0.29) is 5.92 Å². The second-order valence-corrected chi connectivity index (χ2v) is 6.84. The third-order valence-corrected chi connectivity index (χ3v) is 5.38. The first-order chi connectivity index (χ1) is 11.8. The maximum absolute atomic E-state index is 13.1. The molecule has 1 amide bonds. The largest absolute Gasteiger partial charge is 0.333 e. The van der Waals surface area contributed by atoms with Crippen LogP contribution in [0.4, 0.5) is 0 Å². The van der Waals surface area contributed by atoms with Crippen LogP contribution in [0, 0.1) is 0 Å². The third-order valence-electron chi connectivity index (χ3n) is 5.38. The van der Waals surface area contributed by atoms with Crippen LogP contribution in [0.1, 0.15) is 42.7 Å². The molecular formula is C22H23NO. The van der Waals surface area contributed by atoms with Gasteiger partial charge >= 0.3 is 0 Å². The van der Waals surface area contributed by atoms with Crippen LogP contribution < -0.4 is 0 Å². The van der Waals surface area contributed by atoms with E-state index < -0.39 is 0 Å². The van der Waals surface area contributed by atoms with Crippen LogP contribution in [0.25, 0.3) is 0 Å². The van der Waals surface area contributed by atoms with Gasteiger partial charge in [-0.2, -0.15) is 0 Å². The van der Waals surface area contributed by atoms with Gasteiger partial charge in [0.15, 0.2) is 0 Å². The quantitative estimate of drug-likeness (QED) is 0.759. The van der Waals surface area contributed by atoms with Gasteiger partial charge in [0.1, 0.15) is 0 Å². The highest BCUT2D eigenvalue weighted by Gasteiger charge is 2.37. The summed E-state index contributed by atoms with van der Waals surface area (Å²) in [6.45, 7) is 0. The lowest BCUT2D eigenvalue weighted by atomic mass is 9.88. The van der Waals surface area contributed by atoms with Crippen molar-refractivity contribution < 1.29 is 4.79 Å². The Kier molecular flexibility index (Phi) is 4.20. The standard InChI is InChI=1S/C22H23NO/c24-22(23-19-12-7-13-20(23)15-14-19)16-21(17-8-3-1-4-9-17)18-10-5-2-6-11-18/h1-12,19-21H,13-16H2. The molecule has 2 atom stereocenters. The van der Waals surface area contributed by atoms with E-state index in [2.05, 4.69) is 65.6 Å². The maximum Gasteiger partial charge on any atom is 0.224 e. The number of benzene rings is 2. The minimum absolute atomic E-state index is 0.130. The summed E-state index contributed by atoms with van der Waals surface area (Å²) in [6, 6.07) is 21.6. The molecule has 0 aromatic heterocycles. The number of hydrogen-bond acceptors (Lipinski definition) is 1. The maximum atomic E-state index is 13.1. The van der Waals surface area contributed by atoms with E-state index in [1.54, 1.807) is 0 Å². The fourth-order valence-corrected chi connectivity index (χ4v) is 4.19. The van der Waals surface area contributed by atoms with Gasteiger partial charge in [-0.05, 0) is 30.4 Å². The zero-order valence-electron chi connectivity index (χ0n) is 13.8. The summed E-state index contributed by atoms with van der Waals surface area (Å²) < 4.78 is 0. The summed E-state index contributed by atoms with van der Waals surface area (Å²) in [5.74, 6) is 0.426. The van der Waals surface area contributed by atoms with Crippen molar-refractivity contribution in [3.8, 4) is 0 Å². The Morgan fingerprint density at radius 3 is 2.17 bits per heavy atom. The van der Waals surface area contributed by atoms with Crippen molar-refractivity contribution in [3.63, 3.8) is 0 Å². The summed E-state index contributed by atoms with van der Waals surface area (Å²) >= 11 is 0. The molecule has 2 aliphatic rings. The number of nitrogens with zero attached hydrogens (tertiary/aromatic N) is 1. The highest BCUT2D eigenvalue weighted by atomic mass is 16.2. The topological polar surface area (TPSA) is 20.3 Å². The Labute approximate surface area is 143 Å². The molecule has 1 saturated heterocycles. The average Bonchev–Trinajstić information content (AvgIpc) is 2.90. The fourth-order valence-electron chi connectivity index (χ4n) is 4.19. The smallest absolute Gasteiger partial charge is 0.224 e. The number of fused-ring (bicyclic) bond motifs is 2. The highest BCUT2D eigenvalue weighted by molar-refractivity contribution is 5.79. The number of amides is 1. The lowest BCUT2D eigenvalue weighted by molar-refractivity contribution is -0.133. The van der Waals surface area contributed by atoms with Gasteiger partial charge in [-0.15, -0.1) is 0 Å². The van der Waals surface area contributed by atoms with Crippen molar-refractivity contribution in [2.24, 2.45) is 0 Å². The minimum Gasteiger partial charge on any atom is -0.333 e. The predicted molar refractivity (Wildman–Crippen MR) is 96.8 cm³/mol. The molecular weight excluding hydrogens is 294 g/mol. The molecule has 122 valence electrons. The molecule has 0 N–H and O–H groups in total. The normalized spacial score (nSPS) is 22.1. The molecule has 4 rings (SSSR count). The van der Waals surface area contributed by atoms with Gasteiger partial charge in [0.25, 0.3) is 0 Å². The molecule has 2 nitrogen and oxygen atoms in total.